The van der Waals surface area contributed by atoms with Gasteiger partial charge in [-0.05, 0) is 59.2 Å². The molecule has 0 radical (unpaired) electrons. The molecule has 0 aromatic rings. The SMILES string of the molecule is CCCCN1CCN(CC(C)=O)CC1.CCCCNCCCCCC(C)=O. The zero-order valence-electron chi connectivity index (χ0n) is 18.5. The Balaban J connectivity index is 0.000000503. The summed E-state index contributed by atoms with van der Waals surface area (Å²) in [4.78, 5) is 26.3. The molecule has 1 N–H and O–H groups in total. The zero-order valence-corrected chi connectivity index (χ0v) is 18.5. The lowest BCUT2D eigenvalue weighted by Gasteiger charge is -2.34. The van der Waals surface area contributed by atoms with Crippen molar-refractivity contribution in [2.24, 2.45) is 0 Å². The molecule has 1 fully saturated rings. The molecule has 1 heterocycles. The number of nitrogens with zero attached hydrogens (tertiary/aromatic N) is 2. The first kappa shape index (κ1) is 26.2. The lowest BCUT2D eigenvalue weighted by molar-refractivity contribution is -0.118. The van der Waals surface area contributed by atoms with Crippen molar-refractivity contribution in [3.8, 4) is 0 Å². The number of carbonyl (C=O) groups is 2. The van der Waals surface area contributed by atoms with Crippen molar-refractivity contribution in [3.63, 3.8) is 0 Å². The Hall–Kier alpha value is -0.780. The van der Waals surface area contributed by atoms with Gasteiger partial charge in [0.2, 0.25) is 0 Å². The number of Topliss-reactive ketones (excluding diaryl/α,β-unsaturated/α-hetero) is 2. The Labute approximate surface area is 168 Å². The van der Waals surface area contributed by atoms with E-state index in [2.05, 4.69) is 29.0 Å². The maximum atomic E-state index is 10.9. The molecule has 0 aliphatic carbocycles. The quantitative estimate of drug-likeness (QED) is 0.465. The molecule has 1 aliphatic rings. The van der Waals surface area contributed by atoms with Gasteiger partial charge in [0, 0.05) is 32.6 Å². The fourth-order valence-corrected chi connectivity index (χ4v) is 3.10. The van der Waals surface area contributed by atoms with E-state index in [0.29, 0.717) is 12.3 Å². The molecule has 0 bridgehead atoms. The van der Waals surface area contributed by atoms with E-state index in [0.717, 1.165) is 52.1 Å². The van der Waals surface area contributed by atoms with Crippen LogP contribution in [0.3, 0.4) is 0 Å². The first-order valence-electron chi connectivity index (χ1n) is 11.1. The van der Waals surface area contributed by atoms with Gasteiger partial charge in [-0.15, -0.1) is 0 Å². The Morgan fingerprint density at radius 3 is 1.89 bits per heavy atom. The van der Waals surface area contributed by atoms with Gasteiger partial charge in [-0.1, -0.05) is 33.1 Å². The molecule has 5 heteroatoms. The molecule has 0 aromatic heterocycles. The van der Waals surface area contributed by atoms with E-state index in [-0.39, 0.29) is 5.78 Å². The van der Waals surface area contributed by atoms with Crippen molar-refractivity contribution in [3.05, 3.63) is 0 Å². The predicted octanol–water partition coefficient (Wildman–Crippen LogP) is 3.52. The number of rotatable bonds is 14. The number of hydrogen-bond acceptors (Lipinski definition) is 5. The van der Waals surface area contributed by atoms with Crippen molar-refractivity contribution in [1.29, 1.82) is 0 Å². The van der Waals surface area contributed by atoms with Crippen LogP contribution in [0.2, 0.25) is 0 Å². The third kappa shape index (κ3) is 18.4. The Morgan fingerprint density at radius 1 is 0.741 bits per heavy atom. The van der Waals surface area contributed by atoms with E-state index >= 15 is 0 Å². The van der Waals surface area contributed by atoms with E-state index < -0.39 is 0 Å². The number of ketones is 2. The van der Waals surface area contributed by atoms with Gasteiger partial charge < -0.3 is 15.0 Å². The molecule has 0 spiro atoms. The molecule has 160 valence electrons. The van der Waals surface area contributed by atoms with Crippen molar-refractivity contribution >= 4 is 11.6 Å². The Kier molecular flexibility index (Phi) is 18.0. The predicted molar refractivity (Wildman–Crippen MR) is 115 cm³/mol. The summed E-state index contributed by atoms with van der Waals surface area (Å²) in [7, 11) is 0. The number of hydrogen-bond donors (Lipinski definition) is 1. The van der Waals surface area contributed by atoms with E-state index in [1.807, 2.05) is 0 Å². The van der Waals surface area contributed by atoms with Crippen LogP contribution in [0, 0.1) is 0 Å². The van der Waals surface area contributed by atoms with Crippen LogP contribution in [0.5, 0.6) is 0 Å². The first-order valence-corrected chi connectivity index (χ1v) is 11.1. The lowest BCUT2D eigenvalue weighted by Crippen LogP contribution is -2.47. The standard InChI is InChI=1S/C11H22N2O.C11H23NO/c1-3-4-5-12-6-8-13(9-7-12)10-11(2)14;1-3-4-9-12-10-7-5-6-8-11(2)13/h3-10H2,1-2H3;12H,3-10H2,1-2H3. The molecule has 0 saturated carbocycles. The minimum atomic E-state index is 0.284. The highest BCUT2D eigenvalue weighted by atomic mass is 16.1. The fourth-order valence-electron chi connectivity index (χ4n) is 3.10. The smallest absolute Gasteiger partial charge is 0.143 e. The summed E-state index contributed by atoms with van der Waals surface area (Å²) in [5, 5.41) is 3.39. The summed E-state index contributed by atoms with van der Waals surface area (Å²) in [6.07, 6.45) is 9.31. The Morgan fingerprint density at radius 2 is 1.33 bits per heavy atom. The van der Waals surface area contributed by atoms with Gasteiger partial charge in [0.25, 0.3) is 0 Å². The summed E-state index contributed by atoms with van der Waals surface area (Å²) < 4.78 is 0. The van der Waals surface area contributed by atoms with E-state index in [9.17, 15) is 9.59 Å². The monoisotopic (exact) mass is 383 g/mol. The topological polar surface area (TPSA) is 52.6 Å². The van der Waals surface area contributed by atoms with Crippen LogP contribution in [-0.4, -0.2) is 73.7 Å². The molecule has 5 nitrogen and oxygen atoms in total. The molecular weight excluding hydrogens is 338 g/mol. The Bertz CT molecular complexity index is 367. The van der Waals surface area contributed by atoms with E-state index in [1.54, 1.807) is 13.8 Å². The van der Waals surface area contributed by atoms with Crippen molar-refractivity contribution in [2.45, 2.75) is 79.1 Å². The lowest BCUT2D eigenvalue weighted by atomic mass is 10.1. The van der Waals surface area contributed by atoms with Crippen LogP contribution in [-0.2, 0) is 9.59 Å². The van der Waals surface area contributed by atoms with E-state index in [1.165, 1.54) is 45.1 Å². The summed E-state index contributed by atoms with van der Waals surface area (Å²) in [6, 6.07) is 0. The first-order chi connectivity index (χ1) is 13.0. The molecule has 1 saturated heterocycles. The van der Waals surface area contributed by atoms with Gasteiger partial charge in [-0.2, -0.15) is 0 Å². The average Bonchev–Trinajstić information content (AvgIpc) is 2.63. The van der Waals surface area contributed by atoms with E-state index in [4.69, 9.17) is 0 Å². The summed E-state index contributed by atoms with van der Waals surface area (Å²) >= 11 is 0. The molecule has 0 aromatic carbocycles. The number of piperazine rings is 1. The number of unbranched alkanes of at least 4 members (excludes halogenated alkanes) is 4. The van der Waals surface area contributed by atoms with Crippen LogP contribution in [0.25, 0.3) is 0 Å². The molecule has 1 aliphatic heterocycles. The minimum Gasteiger partial charge on any atom is -0.317 e. The highest BCUT2D eigenvalue weighted by Crippen LogP contribution is 2.03. The largest absolute Gasteiger partial charge is 0.317 e. The summed E-state index contributed by atoms with van der Waals surface area (Å²) in [6.45, 7) is 16.3. The fraction of sp³-hybridized carbons (Fsp3) is 0.909. The molecule has 0 amide bonds. The summed E-state index contributed by atoms with van der Waals surface area (Å²) in [5.41, 5.74) is 0. The summed E-state index contributed by atoms with van der Waals surface area (Å²) in [5.74, 6) is 0.603. The van der Waals surface area contributed by atoms with Crippen molar-refractivity contribution in [2.75, 3.05) is 52.4 Å². The molecule has 1 rings (SSSR count). The van der Waals surface area contributed by atoms with Gasteiger partial charge in [0.05, 0.1) is 6.54 Å². The molecule has 27 heavy (non-hydrogen) atoms. The van der Waals surface area contributed by atoms with Crippen LogP contribution < -0.4 is 5.32 Å². The third-order valence-electron chi connectivity index (χ3n) is 4.83. The highest BCUT2D eigenvalue weighted by molar-refractivity contribution is 5.77. The number of carbonyl (C=O) groups excluding carboxylic acids is 2. The highest BCUT2D eigenvalue weighted by Gasteiger charge is 2.16. The molecule has 0 atom stereocenters. The molecule has 0 unspecified atom stereocenters. The second kappa shape index (κ2) is 18.6. The van der Waals surface area contributed by atoms with Crippen LogP contribution in [0.4, 0.5) is 0 Å². The number of nitrogens with one attached hydrogen (secondary N) is 1. The second-order valence-electron chi connectivity index (χ2n) is 7.79. The maximum absolute atomic E-state index is 10.9. The minimum absolute atomic E-state index is 0.284. The van der Waals surface area contributed by atoms with Crippen LogP contribution >= 0.6 is 0 Å². The van der Waals surface area contributed by atoms with Gasteiger partial charge in [0.15, 0.2) is 0 Å². The average molecular weight is 384 g/mol. The van der Waals surface area contributed by atoms with Crippen LogP contribution in [0.15, 0.2) is 0 Å². The van der Waals surface area contributed by atoms with Gasteiger partial charge in [0.1, 0.15) is 11.6 Å². The van der Waals surface area contributed by atoms with Gasteiger partial charge in [-0.25, -0.2) is 0 Å². The van der Waals surface area contributed by atoms with Crippen LogP contribution in [0.1, 0.15) is 79.1 Å². The molecular formula is C22H45N3O2. The maximum Gasteiger partial charge on any atom is 0.143 e. The van der Waals surface area contributed by atoms with Gasteiger partial charge >= 0.3 is 0 Å². The van der Waals surface area contributed by atoms with Crippen molar-refractivity contribution in [1.82, 2.24) is 15.1 Å². The zero-order chi connectivity index (χ0) is 20.3. The van der Waals surface area contributed by atoms with Crippen molar-refractivity contribution < 1.29 is 9.59 Å². The second-order valence-corrected chi connectivity index (χ2v) is 7.79. The normalized spacial score (nSPS) is 15.3. The third-order valence-corrected chi connectivity index (χ3v) is 4.83. The van der Waals surface area contributed by atoms with Gasteiger partial charge in [-0.3, -0.25) is 9.69 Å².